The molecule has 0 aromatic carbocycles. The molecule has 1 saturated heterocycles. The minimum absolute atomic E-state index is 0.0478. The van der Waals surface area contributed by atoms with E-state index in [1.165, 1.54) is 44.9 Å². The van der Waals surface area contributed by atoms with Crippen molar-refractivity contribution in [2.24, 2.45) is 10.8 Å². The molecular weight excluding hydrogens is 366 g/mol. The number of carboxylic acid groups (broad SMARTS) is 1. The fraction of sp³-hybridized carbons (Fsp3) is 0.870. The second-order valence-corrected chi connectivity index (χ2v) is 10.3. The number of likely N-dealkylation sites (tertiary alicyclic amines) is 1. The Morgan fingerprint density at radius 2 is 1.86 bits per heavy atom. The van der Waals surface area contributed by atoms with Crippen LogP contribution >= 0.6 is 0 Å². The van der Waals surface area contributed by atoms with E-state index in [0.29, 0.717) is 23.7 Å². The van der Waals surface area contributed by atoms with Gasteiger partial charge in [-0.25, -0.2) is 0 Å². The van der Waals surface area contributed by atoms with Crippen molar-refractivity contribution in [1.29, 1.82) is 0 Å². The highest BCUT2D eigenvalue weighted by atomic mass is 16.5. The van der Waals surface area contributed by atoms with E-state index in [1.807, 2.05) is 0 Å². The van der Waals surface area contributed by atoms with E-state index in [0.717, 1.165) is 32.4 Å². The minimum atomic E-state index is -1.04. The van der Waals surface area contributed by atoms with Crippen molar-refractivity contribution in [3.8, 4) is 0 Å². The molecule has 2 heterocycles. The lowest BCUT2D eigenvalue weighted by Crippen LogP contribution is -2.37. The summed E-state index contributed by atoms with van der Waals surface area (Å²) >= 11 is 0. The highest BCUT2D eigenvalue weighted by Gasteiger charge is 2.41. The van der Waals surface area contributed by atoms with Crippen LogP contribution in [0.15, 0.2) is 4.52 Å². The first-order valence-electron chi connectivity index (χ1n) is 11.5. The van der Waals surface area contributed by atoms with Gasteiger partial charge in [0.1, 0.15) is 0 Å². The van der Waals surface area contributed by atoms with E-state index in [9.17, 15) is 9.90 Å². The average molecular weight is 405 g/mol. The molecule has 0 bridgehead atoms. The number of carbonyl (C=O) groups is 1. The molecule has 1 aliphatic carbocycles. The van der Waals surface area contributed by atoms with Crippen LogP contribution in [0.2, 0.25) is 0 Å². The van der Waals surface area contributed by atoms with Crippen LogP contribution in [0, 0.1) is 10.8 Å². The van der Waals surface area contributed by atoms with Crippen molar-refractivity contribution in [3.63, 3.8) is 0 Å². The largest absolute Gasteiger partial charge is 0.550 e. The van der Waals surface area contributed by atoms with Gasteiger partial charge in [0.05, 0.1) is 6.54 Å². The monoisotopic (exact) mass is 404 g/mol. The Balaban J connectivity index is 1.61. The fourth-order valence-electron chi connectivity index (χ4n) is 5.44. The summed E-state index contributed by atoms with van der Waals surface area (Å²) in [5, 5.41) is 15.5. The van der Waals surface area contributed by atoms with Gasteiger partial charge in [-0.05, 0) is 68.9 Å². The summed E-state index contributed by atoms with van der Waals surface area (Å²) in [6, 6.07) is 0. The number of hydrogen-bond donors (Lipinski definition) is 0. The maximum atomic E-state index is 11.3. The van der Waals surface area contributed by atoms with Gasteiger partial charge in [-0.2, -0.15) is 4.98 Å². The van der Waals surface area contributed by atoms with Crippen molar-refractivity contribution in [3.05, 3.63) is 11.7 Å². The smallest absolute Gasteiger partial charge is 0.230 e. The normalized spacial score (nSPS) is 21.3. The van der Waals surface area contributed by atoms with Gasteiger partial charge in [0.15, 0.2) is 5.82 Å². The van der Waals surface area contributed by atoms with Crippen LogP contribution in [-0.2, 0) is 11.3 Å². The number of carboxylic acids is 1. The lowest BCUT2D eigenvalue weighted by atomic mass is 9.57. The molecule has 1 aromatic heterocycles. The van der Waals surface area contributed by atoms with Crippen LogP contribution in [0.25, 0.3) is 0 Å². The summed E-state index contributed by atoms with van der Waals surface area (Å²) < 4.78 is 5.49. The molecule has 0 amide bonds. The zero-order valence-electron chi connectivity index (χ0n) is 18.5. The second kappa shape index (κ2) is 9.59. The number of carbonyl (C=O) groups excluding carboxylic acids is 1. The maximum Gasteiger partial charge on any atom is 0.230 e. The third kappa shape index (κ3) is 5.80. The SMILES string of the molecule is CC(C)(C)C1(CCCC(CC(=O)[O-])c2nc(CN3CCCC3)no2)CCCCC1. The Kier molecular flexibility index (Phi) is 7.36. The van der Waals surface area contributed by atoms with Crippen LogP contribution in [-0.4, -0.2) is 34.1 Å². The van der Waals surface area contributed by atoms with Gasteiger partial charge in [0.2, 0.25) is 5.89 Å². The Bertz CT molecular complexity index is 653. The third-order valence-electron chi connectivity index (χ3n) is 7.42. The van der Waals surface area contributed by atoms with Crippen molar-refractivity contribution < 1.29 is 14.4 Å². The van der Waals surface area contributed by atoms with Crippen LogP contribution in [0.5, 0.6) is 0 Å². The van der Waals surface area contributed by atoms with Crippen molar-refractivity contribution in [2.45, 2.75) is 104 Å². The Morgan fingerprint density at radius 3 is 2.48 bits per heavy atom. The molecular formula is C23H38N3O3-. The molecule has 2 fully saturated rings. The molecule has 2 aliphatic rings. The van der Waals surface area contributed by atoms with Gasteiger partial charge >= 0.3 is 0 Å². The molecule has 1 aliphatic heterocycles. The number of nitrogens with zero attached hydrogens (tertiary/aromatic N) is 3. The first-order valence-corrected chi connectivity index (χ1v) is 11.5. The van der Waals surface area contributed by atoms with Gasteiger partial charge in [0.25, 0.3) is 0 Å². The van der Waals surface area contributed by atoms with Gasteiger partial charge < -0.3 is 14.4 Å². The second-order valence-electron chi connectivity index (χ2n) is 10.3. The zero-order chi connectivity index (χ0) is 20.9. The van der Waals surface area contributed by atoms with Crippen molar-refractivity contribution >= 4 is 5.97 Å². The molecule has 0 N–H and O–H groups in total. The van der Waals surface area contributed by atoms with E-state index < -0.39 is 5.97 Å². The first kappa shape index (κ1) is 22.3. The molecule has 29 heavy (non-hydrogen) atoms. The molecule has 6 nitrogen and oxygen atoms in total. The highest BCUT2D eigenvalue weighted by molar-refractivity contribution is 5.65. The predicted molar refractivity (Wildman–Crippen MR) is 110 cm³/mol. The summed E-state index contributed by atoms with van der Waals surface area (Å²) in [4.78, 5) is 18.2. The Labute approximate surface area is 175 Å². The number of aromatic nitrogens is 2. The molecule has 1 atom stereocenters. The Hall–Kier alpha value is -1.43. The van der Waals surface area contributed by atoms with Crippen LogP contribution in [0.1, 0.15) is 109 Å². The van der Waals surface area contributed by atoms with E-state index in [2.05, 4.69) is 35.8 Å². The third-order valence-corrected chi connectivity index (χ3v) is 7.42. The number of aliphatic carboxylic acids is 1. The Morgan fingerprint density at radius 1 is 1.17 bits per heavy atom. The standard InChI is InChI=1S/C23H39N3O3/c1-22(2,3)23(11-5-4-6-12-23)13-9-10-18(16-20(27)28)21-24-19(25-29-21)17-26-14-7-8-15-26/h18H,4-17H2,1-3H3,(H,27,28)/p-1. The van der Waals surface area contributed by atoms with Gasteiger partial charge in [0, 0.05) is 11.9 Å². The quantitative estimate of drug-likeness (QED) is 0.617. The first-order chi connectivity index (χ1) is 13.8. The predicted octanol–water partition coefficient (Wildman–Crippen LogP) is 4.06. The molecule has 1 saturated carbocycles. The van der Waals surface area contributed by atoms with Crippen LogP contribution in [0.3, 0.4) is 0 Å². The van der Waals surface area contributed by atoms with E-state index in [-0.39, 0.29) is 17.8 Å². The number of rotatable bonds is 9. The molecule has 6 heteroatoms. The topological polar surface area (TPSA) is 82.3 Å². The molecule has 0 radical (unpaired) electrons. The fourth-order valence-corrected chi connectivity index (χ4v) is 5.44. The van der Waals surface area contributed by atoms with E-state index >= 15 is 0 Å². The zero-order valence-corrected chi connectivity index (χ0v) is 18.5. The summed E-state index contributed by atoms with van der Waals surface area (Å²) in [6.45, 7) is 9.91. The van der Waals surface area contributed by atoms with Gasteiger partial charge in [-0.15, -0.1) is 0 Å². The summed E-state index contributed by atoms with van der Waals surface area (Å²) in [5.41, 5.74) is 0.623. The lowest BCUT2D eigenvalue weighted by Gasteiger charge is -2.48. The molecule has 1 unspecified atom stereocenters. The number of hydrogen-bond acceptors (Lipinski definition) is 6. The van der Waals surface area contributed by atoms with E-state index in [4.69, 9.17) is 4.52 Å². The summed E-state index contributed by atoms with van der Waals surface area (Å²) in [6.07, 6.45) is 11.8. The van der Waals surface area contributed by atoms with Crippen LogP contribution in [0.4, 0.5) is 0 Å². The van der Waals surface area contributed by atoms with Crippen molar-refractivity contribution in [1.82, 2.24) is 15.0 Å². The maximum absolute atomic E-state index is 11.3. The average Bonchev–Trinajstić information content (AvgIpc) is 3.33. The molecule has 3 rings (SSSR count). The lowest BCUT2D eigenvalue weighted by molar-refractivity contribution is -0.306. The van der Waals surface area contributed by atoms with Gasteiger partial charge in [-0.3, -0.25) is 4.90 Å². The van der Waals surface area contributed by atoms with Crippen molar-refractivity contribution in [2.75, 3.05) is 13.1 Å². The van der Waals surface area contributed by atoms with Gasteiger partial charge in [-0.1, -0.05) is 51.6 Å². The summed E-state index contributed by atoms with van der Waals surface area (Å²) in [7, 11) is 0. The molecule has 0 spiro atoms. The van der Waals surface area contributed by atoms with E-state index in [1.54, 1.807) is 0 Å². The highest BCUT2D eigenvalue weighted by Crippen LogP contribution is 2.53. The van der Waals surface area contributed by atoms with Crippen LogP contribution < -0.4 is 5.11 Å². The minimum Gasteiger partial charge on any atom is -0.550 e. The molecule has 1 aromatic rings. The summed E-state index contributed by atoms with van der Waals surface area (Å²) in [5.74, 6) is -0.154. The molecule has 164 valence electrons.